The number of halogens is 1. The summed E-state index contributed by atoms with van der Waals surface area (Å²) in [6, 6.07) is 4.36. The van der Waals surface area contributed by atoms with Crippen molar-refractivity contribution < 1.29 is 0 Å². The summed E-state index contributed by atoms with van der Waals surface area (Å²) in [7, 11) is 0. The molecule has 0 bridgehead atoms. The monoisotopic (exact) mass is 343 g/mol. The first-order valence-corrected chi connectivity index (χ1v) is 8.55. The SMILES string of the molecule is C=CCN(CC)c1cc(Nc2cnn(C3CC3)c2)c(C=N)cc1Cl. The number of likely N-dealkylation sites (N-methyl/N-ethyl adjacent to an activating group) is 1. The molecule has 0 atom stereocenters. The van der Waals surface area contributed by atoms with E-state index in [0.717, 1.165) is 35.7 Å². The number of rotatable bonds is 8. The van der Waals surface area contributed by atoms with Crippen LogP contribution >= 0.6 is 11.6 Å². The lowest BCUT2D eigenvalue weighted by Crippen LogP contribution is -2.23. The van der Waals surface area contributed by atoms with Crippen LogP contribution in [0.5, 0.6) is 0 Å². The van der Waals surface area contributed by atoms with Crippen LogP contribution in [0.25, 0.3) is 0 Å². The molecule has 0 amide bonds. The van der Waals surface area contributed by atoms with Crippen LogP contribution in [0.15, 0.2) is 37.2 Å². The molecule has 0 spiro atoms. The van der Waals surface area contributed by atoms with E-state index >= 15 is 0 Å². The molecule has 1 saturated carbocycles. The highest BCUT2D eigenvalue weighted by atomic mass is 35.5. The fourth-order valence-electron chi connectivity index (χ4n) is 2.70. The van der Waals surface area contributed by atoms with E-state index in [1.165, 1.54) is 19.1 Å². The molecular weight excluding hydrogens is 322 g/mol. The zero-order chi connectivity index (χ0) is 17.1. The third kappa shape index (κ3) is 3.46. The maximum absolute atomic E-state index is 7.66. The van der Waals surface area contributed by atoms with Crippen molar-refractivity contribution in [2.24, 2.45) is 0 Å². The van der Waals surface area contributed by atoms with Crippen molar-refractivity contribution in [3.63, 3.8) is 0 Å². The third-order valence-corrected chi connectivity index (χ3v) is 4.45. The lowest BCUT2D eigenvalue weighted by Gasteiger charge is -2.24. The normalized spacial score (nSPS) is 13.6. The predicted octanol–water partition coefficient (Wildman–Crippen LogP) is 4.62. The summed E-state index contributed by atoms with van der Waals surface area (Å²) < 4.78 is 2.00. The van der Waals surface area contributed by atoms with Crippen molar-refractivity contribution in [1.29, 1.82) is 5.41 Å². The highest BCUT2D eigenvalue weighted by Gasteiger charge is 2.24. The molecule has 0 saturated heterocycles. The average Bonchev–Trinajstić information content (AvgIpc) is 3.34. The molecule has 0 unspecified atom stereocenters. The summed E-state index contributed by atoms with van der Waals surface area (Å²) in [5, 5.41) is 16.1. The van der Waals surface area contributed by atoms with E-state index in [9.17, 15) is 0 Å². The highest BCUT2D eigenvalue weighted by molar-refractivity contribution is 6.33. The van der Waals surface area contributed by atoms with E-state index in [0.29, 0.717) is 11.1 Å². The molecule has 6 heteroatoms. The first-order valence-electron chi connectivity index (χ1n) is 8.17. The Labute approximate surface area is 147 Å². The predicted molar refractivity (Wildman–Crippen MR) is 101 cm³/mol. The molecule has 126 valence electrons. The number of hydrogen-bond donors (Lipinski definition) is 2. The summed E-state index contributed by atoms with van der Waals surface area (Å²) in [6.07, 6.45) is 9.41. The van der Waals surface area contributed by atoms with Gasteiger partial charge in [0.2, 0.25) is 0 Å². The number of anilines is 3. The van der Waals surface area contributed by atoms with Gasteiger partial charge >= 0.3 is 0 Å². The van der Waals surface area contributed by atoms with Crippen LogP contribution < -0.4 is 10.2 Å². The van der Waals surface area contributed by atoms with Gasteiger partial charge in [0, 0.05) is 36.8 Å². The van der Waals surface area contributed by atoms with E-state index in [-0.39, 0.29) is 0 Å². The Morgan fingerprint density at radius 1 is 1.50 bits per heavy atom. The van der Waals surface area contributed by atoms with Crippen molar-refractivity contribution >= 4 is 34.9 Å². The Hall–Kier alpha value is -2.27. The summed E-state index contributed by atoms with van der Waals surface area (Å²) >= 11 is 6.42. The number of nitrogens with zero attached hydrogens (tertiary/aromatic N) is 3. The largest absolute Gasteiger partial charge is 0.367 e. The first-order chi connectivity index (χ1) is 11.7. The minimum absolute atomic E-state index is 0.548. The molecule has 1 fully saturated rings. The van der Waals surface area contributed by atoms with Gasteiger partial charge in [-0.15, -0.1) is 6.58 Å². The maximum Gasteiger partial charge on any atom is 0.0770 e. The van der Waals surface area contributed by atoms with Gasteiger partial charge in [0.15, 0.2) is 0 Å². The van der Waals surface area contributed by atoms with Gasteiger partial charge in [-0.1, -0.05) is 17.7 Å². The van der Waals surface area contributed by atoms with Crippen LogP contribution in [0.2, 0.25) is 5.02 Å². The van der Waals surface area contributed by atoms with E-state index in [2.05, 4.69) is 28.8 Å². The second kappa shape index (κ2) is 7.09. The molecule has 1 aliphatic carbocycles. The van der Waals surface area contributed by atoms with Gasteiger partial charge in [0.05, 0.1) is 28.6 Å². The van der Waals surface area contributed by atoms with Gasteiger partial charge < -0.3 is 15.6 Å². The standard InChI is InChI=1S/C18H22ClN5/c1-3-7-23(4-2)18-9-17(13(10-20)8-16(18)19)22-14-11-21-24(12-14)15-5-6-15/h3,8-12,15,20,22H,1,4-7H2,2H3. The van der Waals surface area contributed by atoms with Gasteiger partial charge in [-0.2, -0.15) is 5.10 Å². The minimum Gasteiger partial charge on any atom is -0.367 e. The first kappa shape index (κ1) is 16.6. The Morgan fingerprint density at radius 2 is 2.29 bits per heavy atom. The molecule has 1 aromatic carbocycles. The Kier molecular flexibility index (Phi) is 4.90. The molecule has 3 rings (SSSR count). The summed E-state index contributed by atoms with van der Waals surface area (Å²) in [6.45, 7) is 7.44. The van der Waals surface area contributed by atoms with Crippen molar-refractivity contribution in [1.82, 2.24) is 9.78 Å². The van der Waals surface area contributed by atoms with E-state index in [4.69, 9.17) is 17.0 Å². The lowest BCUT2D eigenvalue weighted by molar-refractivity contribution is 0.642. The van der Waals surface area contributed by atoms with Crippen molar-refractivity contribution in [3.05, 3.63) is 47.8 Å². The van der Waals surface area contributed by atoms with Crippen LogP contribution in [-0.4, -0.2) is 29.1 Å². The van der Waals surface area contributed by atoms with Gasteiger partial charge in [0.25, 0.3) is 0 Å². The zero-order valence-electron chi connectivity index (χ0n) is 13.8. The molecule has 5 nitrogen and oxygen atoms in total. The molecule has 1 heterocycles. The molecule has 0 radical (unpaired) electrons. The number of aromatic nitrogens is 2. The molecule has 1 aliphatic rings. The second-order valence-electron chi connectivity index (χ2n) is 5.93. The van der Waals surface area contributed by atoms with Crippen LogP contribution in [0.4, 0.5) is 17.1 Å². The lowest BCUT2D eigenvalue weighted by atomic mass is 10.1. The molecule has 1 aromatic heterocycles. The number of benzene rings is 1. The van der Waals surface area contributed by atoms with Crippen molar-refractivity contribution in [2.45, 2.75) is 25.8 Å². The number of nitrogens with one attached hydrogen (secondary N) is 2. The Bertz CT molecular complexity index is 748. The van der Waals surface area contributed by atoms with E-state index in [1.807, 2.05) is 35.3 Å². The smallest absolute Gasteiger partial charge is 0.0770 e. The topological polar surface area (TPSA) is 56.9 Å². The summed E-state index contributed by atoms with van der Waals surface area (Å²) in [5.74, 6) is 0. The Balaban J connectivity index is 1.91. The molecule has 2 aromatic rings. The highest BCUT2D eigenvalue weighted by Crippen LogP contribution is 2.36. The van der Waals surface area contributed by atoms with Gasteiger partial charge in [-0.25, -0.2) is 0 Å². The summed E-state index contributed by atoms with van der Waals surface area (Å²) in [4.78, 5) is 2.14. The van der Waals surface area contributed by atoms with Crippen molar-refractivity contribution in [3.8, 4) is 0 Å². The van der Waals surface area contributed by atoms with E-state index < -0.39 is 0 Å². The van der Waals surface area contributed by atoms with Gasteiger partial charge in [-0.05, 0) is 31.9 Å². The average molecular weight is 344 g/mol. The van der Waals surface area contributed by atoms with Crippen molar-refractivity contribution in [2.75, 3.05) is 23.3 Å². The van der Waals surface area contributed by atoms with Crippen LogP contribution in [0.1, 0.15) is 31.4 Å². The molecule has 0 aliphatic heterocycles. The quantitative estimate of drug-likeness (QED) is 0.543. The van der Waals surface area contributed by atoms with Gasteiger partial charge in [-0.3, -0.25) is 4.68 Å². The van der Waals surface area contributed by atoms with Crippen LogP contribution in [0, 0.1) is 5.41 Å². The minimum atomic E-state index is 0.548. The fourth-order valence-corrected chi connectivity index (χ4v) is 2.99. The van der Waals surface area contributed by atoms with Gasteiger partial charge in [0.1, 0.15) is 0 Å². The van der Waals surface area contributed by atoms with Crippen LogP contribution in [-0.2, 0) is 0 Å². The van der Waals surface area contributed by atoms with E-state index in [1.54, 1.807) is 0 Å². The second-order valence-corrected chi connectivity index (χ2v) is 6.33. The number of hydrogen-bond acceptors (Lipinski definition) is 4. The third-order valence-electron chi connectivity index (χ3n) is 4.15. The summed E-state index contributed by atoms with van der Waals surface area (Å²) in [5.41, 5.74) is 3.45. The fraction of sp³-hybridized carbons (Fsp3) is 0.333. The Morgan fingerprint density at radius 3 is 2.92 bits per heavy atom. The maximum atomic E-state index is 7.66. The molecular formula is C18H22ClN5. The molecule has 24 heavy (non-hydrogen) atoms. The van der Waals surface area contributed by atoms with Crippen LogP contribution in [0.3, 0.4) is 0 Å². The molecule has 2 N–H and O–H groups in total. The zero-order valence-corrected chi connectivity index (χ0v) is 14.6.